The molecule has 0 aliphatic rings. The number of aromatic nitrogens is 5. The van der Waals surface area contributed by atoms with Crippen LogP contribution in [0.1, 0.15) is 0 Å². The van der Waals surface area contributed by atoms with Crippen molar-refractivity contribution in [2.24, 2.45) is 0 Å². The molecular formula is C101H55N5O3S2. The molecule has 10 heterocycles. The molecule has 8 nitrogen and oxygen atoms in total. The molecule has 0 unspecified atom stereocenters. The largest absolute Gasteiger partial charge is 0.456 e. The van der Waals surface area contributed by atoms with Crippen LogP contribution in [0.15, 0.2) is 347 Å². The van der Waals surface area contributed by atoms with Crippen molar-refractivity contribution in [3.05, 3.63) is 334 Å². The van der Waals surface area contributed by atoms with Crippen LogP contribution in [0.4, 0.5) is 0 Å². The van der Waals surface area contributed by atoms with Gasteiger partial charge in [-0.2, -0.15) is 0 Å². The lowest BCUT2D eigenvalue weighted by atomic mass is 9.95. The van der Waals surface area contributed by atoms with E-state index in [0.717, 1.165) is 155 Å². The Bertz CT molecular complexity index is 8620. The average Bonchev–Trinajstić information content (AvgIpc) is 1.54. The Morgan fingerprint density at radius 3 is 1.05 bits per heavy atom. The van der Waals surface area contributed by atoms with E-state index >= 15 is 0 Å². The van der Waals surface area contributed by atoms with Crippen LogP contribution < -0.4 is 0 Å². The van der Waals surface area contributed by atoms with E-state index in [1.807, 2.05) is 47.1 Å². The molecule has 0 aliphatic heterocycles. The molecule has 0 radical (unpaired) electrons. The van der Waals surface area contributed by atoms with E-state index in [2.05, 4.69) is 328 Å². The highest BCUT2D eigenvalue weighted by Gasteiger charge is 2.27. The summed E-state index contributed by atoms with van der Waals surface area (Å²) in [6.45, 7) is 0. The fraction of sp³-hybridized carbons (Fsp3) is 0. The van der Waals surface area contributed by atoms with E-state index in [9.17, 15) is 0 Å². The monoisotopic (exact) mass is 1450 g/mol. The first-order valence-electron chi connectivity index (χ1n) is 37.6. The number of nitrogens with zero attached hydrogens (tertiary/aromatic N) is 5. The van der Waals surface area contributed by atoms with E-state index in [1.54, 1.807) is 0 Å². The topological polar surface area (TPSA) is 72.0 Å². The third-order valence-corrected chi connectivity index (χ3v) is 26.3. The molecule has 26 aromatic rings. The van der Waals surface area contributed by atoms with Crippen molar-refractivity contribution in [2.75, 3.05) is 0 Å². The van der Waals surface area contributed by atoms with Crippen LogP contribution >= 0.6 is 22.7 Å². The van der Waals surface area contributed by atoms with Crippen LogP contribution in [0.5, 0.6) is 0 Å². The lowest BCUT2D eigenvalue weighted by Gasteiger charge is -2.15. The second-order valence-electron chi connectivity index (χ2n) is 29.6. The van der Waals surface area contributed by atoms with Crippen molar-refractivity contribution in [2.45, 2.75) is 0 Å². The molecule has 0 bridgehead atoms. The van der Waals surface area contributed by atoms with E-state index in [0.29, 0.717) is 0 Å². The molecule has 111 heavy (non-hydrogen) atoms. The molecule has 0 amide bonds. The van der Waals surface area contributed by atoms with Gasteiger partial charge < -0.3 is 27.0 Å². The SMILES string of the molecule is c1ccc(-n2c3ccccc3c3c4sc5c(ccc6c5c5cc(-c7cc(-c8ccc9oc%10ccccc%10c9c8)cc(-n8c9ccccc9c9c%10sc%11c(ccc%12c%11c%11ccccc%11n%12-c%11ccc%12oc%13ccccc%13c%12c%11)c%10ccc98)c7)ccc5n6-c5cccc(-c6ccc7oc8ccccc8c7c6)c5)c4ccc32)nc1. The first kappa shape index (κ1) is 59.8. The number of benzene rings is 16. The molecule has 0 saturated carbocycles. The fourth-order valence-electron chi connectivity index (χ4n) is 19.0. The van der Waals surface area contributed by atoms with Gasteiger partial charge in [-0.3, -0.25) is 4.57 Å². The van der Waals surface area contributed by atoms with Crippen molar-refractivity contribution in [3.63, 3.8) is 0 Å². The highest BCUT2D eigenvalue weighted by Crippen LogP contribution is 2.52. The molecule has 0 saturated heterocycles. The molecule has 16 aromatic carbocycles. The van der Waals surface area contributed by atoms with Gasteiger partial charge in [0.1, 0.15) is 39.3 Å². The third-order valence-electron chi connectivity index (χ3n) is 23.8. The van der Waals surface area contributed by atoms with Crippen molar-refractivity contribution >= 4 is 216 Å². The Balaban J connectivity index is 0.710. The molecule has 514 valence electrons. The number of para-hydroxylation sites is 6. The molecule has 10 aromatic heterocycles. The maximum Gasteiger partial charge on any atom is 0.137 e. The van der Waals surface area contributed by atoms with Crippen LogP contribution in [-0.2, 0) is 0 Å². The van der Waals surface area contributed by atoms with Gasteiger partial charge in [0.25, 0.3) is 0 Å². The quantitative estimate of drug-likeness (QED) is 0.159. The number of fused-ring (bicyclic) bond motifs is 31. The third kappa shape index (κ3) is 8.33. The van der Waals surface area contributed by atoms with Crippen LogP contribution in [0.3, 0.4) is 0 Å². The summed E-state index contributed by atoms with van der Waals surface area (Å²) in [6.07, 6.45) is 1.89. The van der Waals surface area contributed by atoms with Gasteiger partial charge in [-0.15, -0.1) is 22.7 Å². The Labute approximate surface area is 638 Å². The first-order chi connectivity index (χ1) is 55.0. The van der Waals surface area contributed by atoms with Gasteiger partial charge >= 0.3 is 0 Å². The first-order valence-corrected chi connectivity index (χ1v) is 39.2. The Hall–Kier alpha value is -14.3. The predicted molar refractivity (Wildman–Crippen MR) is 466 cm³/mol. The molecule has 0 spiro atoms. The van der Waals surface area contributed by atoms with Gasteiger partial charge in [0, 0.05) is 139 Å². The van der Waals surface area contributed by atoms with Crippen LogP contribution in [-0.4, -0.2) is 23.3 Å². The van der Waals surface area contributed by atoms with Gasteiger partial charge in [-0.1, -0.05) is 170 Å². The predicted octanol–water partition coefficient (Wildman–Crippen LogP) is 28.9. The molecule has 0 atom stereocenters. The van der Waals surface area contributed by atoms with Crippen molar-refractivity contribution < 1.29 is 13.3 Å². The number of hydrogen-bond acceptors (Lipinski definition) is 6. The zero-order valence-electron chi connectivity index (χ0n) is 59.0. The number of rotatable bonds is 7. The summed E-state index contributed by atoms with van der Waals surface area (Å²) >= 11 is 3.83. The van der Waals surface area contributed by atoms with Crippen LogP contribution in [0.25, 0.3) is 250 Å². The highest BCUT2D eigenvalue weighted by molar-refractivity contribution is 7.28. The maximum absolute atomic E-state index is 6.52. The summed E-state index contributed by atoms with van der Waals surface area (Å²) in [5.41, 5.74) is 24.4. The number of pyridine rings is 1. The van der Waals surface area contributed by atoms with E-state index in [4.69, 9.17) is 18.2 Å². The molecular weight excluding hydrogens is 1400 g/mol. The summed E-state index contributed by atoms with van der Waals surface area (Å²) in [5, 5.41) is 21.4. The summed E-state index contributed by atoms with van der Waals surface area (Å²) in [6, 6.07) is 120. The molecule has 0 aliphatic carbocycles. The normalized spacial score (nSPS) is 12.5. The molecule has 26 rings (SSSR count). The Morgan fingerprint density at radius 1 is 0.198 bits per heavy atom. The summed E-state index contributed by atoms with van der Waals surface area (Å²) in [5.74, 6) is 0.897. The zero-order valence-corrected chi connectivity index (χ0v) is 60.7. The van der Waals surface area contributed by atoms with E-state index in [1.165, 1.54) is 94.5 Å². The Morgan fingerprint density at radius 2 is 0.550 bits per heavy atom. The summed E-state index contributed by atoms with van der Waals surface area (Å²) < 4.78 is 34.1. The maximum atomic E-state index is 6.52. The van der Waals surface area contributed by atoms with Crippen molar-refractivity contribution in [1.29, 1.82) is 0 Å². The minimum Gasteiger partial charge on any atom is -0.456 e. The van der Waals surface area contributed by atoms with Crippen molar-refractivity contribution in [3.8, 4) is 56.3 Å². The lowest BCUT2D eigenvalue weighted by Crippen LogP contribution is -1.96. The molecule has 0 N–H and O–H groups in total. The van der Waals surface area contributed by atoms with E-state index in [-0.39, 0.29) is 0 Å². The summed E-state index contributed by atoms with van der Waals surface area (Å²) in [4.78, 5) is 4.93. The second-order valence-corrected chi connectivity index (χ2v) is 31.6. The fourth-order valence-corrected chi connectivity index (χ4v) is 21.8. The smallest absolute Gasteiger partial charge is 0.137 e. The average molecular weight is 1450 g/mol. The van der Waals surface area contributed by atoms with Crippen LogP contribution in [0, 0.1) is 0 Å². The minimum absolute atomic E-state index is 0.865. The minimum atomic E-state index is 0.865. The van der Waals surface area contributed by atoms with Crippen LogP contribution in [0.2, 0.25) is 0 Å². The van der Waals surface area contributed by atoms with Gasteiger partial charge in [-0.05, 0) is 191 Å². The van der Waals surface area contributed by atoms with Gasteiger partial charge in [-0.25, -0.2) is 4.98 Å². The van der Waals surface area contributed by atoms with Gasteiger partial charge in [0.05, 0.1) is 44.1 Å². The lowest BCUT2D eigenvalue weighted by molar-refractivity contribution is 0.668. The second kappa shape index (κ2) is 22.2. The highest BCUT2D eigenvalue weighted by atomic mass is 32.1. The number of hydrogen-bond donors (Lipinski definition) is 0. The number of furan rings is 3. The summed E-state index contributed by atoms with van der Waals surface area (Å²) in [7, 11) is 0. The molecule has 10 heteroatoms. The van der Waals surface area contributed by atoms with Gasteiger partial charge in [0.2, 0.25) is 0 Å². The van der Waals surface area contributed by atoms with Gasteiger partial charge in [0.15, 0.2) is 0 Å². The Kier molecular flexibility index (Phi) is 12.0. The van der Waals surface area contributed by atoms with Crippen molar-refractivity contribution in [1.82, 2.24) is 23.3 Å². The van der Waals surface area contributed by atoms with E-state index < -0.39 is 0 Å². The zero-order chi connectivity index (χ0) is 72.0. The molecule has 0 fully saturated rings. The number of thiophene rings is 2. The standard InChI is InChI=1S/C101H55N5O3S2/c1-7-24-79-72(21-1)94-83(104(79)63-34-46-92-77(55-63)67-20-6-12-29-89(67)109-92)40-35-68-69-36-41-84-95(99(69)110-98(68)94)73-22-2-8-25-80(73)105(84)64-50-60(48-61(51-64)59-33-45-91-76(53-59)66-19-5-11-28-88(66)108-91)58-31-39-82-78(54-58)97-85(103(82)62-17-15-16-56(49-62)57-32-44-90-75(52-57)65-18-4-10-27-87(65)107-90)42-37-71-70-38-43-86-96(100(70)111-101(71)97)74-23-3-9-26-81(74)106(86)93-30-13-14-47-102-93/h1-55H.